The molecule has 0 spiro atoms. The van der Waals surface area contributed by atoms with Crippen molar-refractivity contribution in [2.75, 3.05) is 0 Å². The molecule has 2 radical (unpaired) electrons. The van der Waals surface area contributed by atoms with E-state index in [0.29, 0.717) is 0 Å². The number of nitrogens with one attached hydrogen (secondary N) is 2. The molecule has 7 aromatic heterocycles. The number of nitrogens with zero attached hydrogens (tertiary/aromatic N) is 6. The molecule has 0 unspecified atom stereocenters. The van der Waals surface area contributed by atoms with E-state index in [-0.39, 0.29) is 23.1 Å². The van der Waals surface area contributed by atoms with E-state index in [0.717, 1.165) is 89.9 Å². The molecule has 9 heterocycles. The molecule has 9 heteroatoms. The monoisotopic (exact) mass is 642 g/mol. The second-order valence-corrected chi connectivity index (χ2v) is 11.4. The molecule has 9 rings (SSSR count). The average molecular weight is 643 g/mol. The van der Waals surface area contributed by atoms with Crippen molar-refractivity contribution in [3.05, 3.63) is 145 Å². The molecule has 0 saturated carbocycles. The summed E-state index contributed by atoms with van der Waals surface area (Å²) < 4.78 is 0. The lowest BCUT2D eigenvalue weighted by Crippen LogP contribution is -1.92. The Morgan fingerprint density at radius 2 is 0.592 bits per heavy atom. The fraction of sp³-hybridized carbons (Fsp3) is 0. The summed E-state index contributed by atoms with van der Waals surface area (Å²) in [6.07, 6.45) is 15.4. The first kappa shape index (κ1) is 30.3. The summed E-state index contributed by atoms with van der Waals surface area (Å²) in [5.41, 5.74) is 13.4. The summed E-state index contributed by atoms with van der Waals surface area (Å²) in [4.78, 5) is 36.9. The van der Waals surface area contributed by atoms with Crippen molar-refractivity contribution >= 4 is 69.4 Å². The third-order valence-corrected chi connectivity index (χ3v) is 8.44. The van der Waals surface area contributed by atoms with Gasteiger partial charge < -0.3 is 9.97 Å². The second-order valence-electron chi connectivity index (χ2n) is 11.4. The van der Waals surface area contributed by atoms with Crippen molar-refractivity contribution in [3.8, 4) is 45.0 Å². The van der Waals surface area contributed by atoms with Crippen LogP contribution in [-0.2, 0) is 0 Å². The van der Waals surface area contributed by atoms with Crippen molar-refractivity contribution < 1.29 is 0 Å². The number of H-pyrrole nitrogens is 2. The molecule has 2 aliphatic rings. The predicted molar refractivity (Wildman–Crippen MR) is 198 cm³/mol. The van der Waals surface area contributed by atoms with Gasteiger partial charge in [0.25, 0.3) is 0 Å². The van der Waals surface area contributed by atoms with Crippen molar-refractivity contribution in [3.63, 3.8) is 0 Å². The Hall–Kier alpha value is -6.03. The quantitative estimate of drug-likeness (QED) is 0.186. The van der Waals surface area contributed by atoms with Crippen LogP contribution >= 0.6 is 0 Å². The zero-order chi connectivity index (χ0) is 31.9. The fourth-order valence-corrected chi connectivity index (χ4v) is 6.33. The Kier molecular flexibility index (Phi) is 7.96. The number of hydrogen-bond donors (Lipinski definition) is 2. The zero-order valence-corrected chi connectivity index (χ0v) is 27.7. The van der Waals surface area contributed by atoms with Crippen molar-refractivity contribution in [1.82, 2.24) is 39.9 Å². The van der Waals surface area contributed by atoms with E-state index in [2.05, 4.69) is 34.2 Å². The van der Waals surface area contributed by atoms with E-state index in [4.69, 9.17) is 29.9 Å². The number of aromatic nitrogens is 8. The van der Waals surface area contributed by atoms with Crippen LogP contribution in [0.3, 0.4) is 0 Å². The van der Waals surface area contributed by atoms with Crippen molar-refractivity contribution in [2.24, 2.45) is 0 Å². The zero-order valence-electron chi connectivity index (χ0n) is 26.2. The van der Waals surface area contributed by atoms with E-state index >= 15 is 0 Å². The minimum atomic E-state index is 0. The molecule has 7 aromatic rings. The van der Waals surface area contributed by atoms with Crippen LogP contribution in [0.5, 0.6) is 0 Å². The summed E-state index contributed by atoms with van der Waals surface area (Å²) in [5, 5.41) is 0. The molecule has 2 N–H and O–H groups in total. The van der Waals surface area contributed by atoms with Crippen LogP contribution in [0.25, 0.3) is 91.4 Å². The van der Waals surface area contributed by atoms with E-state index < -0.39 is 0 Å². The van der Waals surface area contributed by atoms with Crippen LogP contribution in [0.1, 0.15) is 22.8 Å². The minimum absolute atomic E-state index is 0. The second kappa shape index (κ2) is 12.9. The Bertz CT molecular complexity index is 2190. The highest BCUT2D eigenvalue weighted by molar-refractivity contribution is 5.98. The fourth-order valence-electron chi connectivity index (χ4n) is 6.33. The Morgan fingerprint density at radius 3 is 0.816 bits per heavy atom. The average Bonchev–Trinajstić information content (AvgIpc) is 3.98. The first-order valence-electron chi connectivity index (χ1n) is 15.6. The Balaban J connectivity index is 0.00000348. The SMILES string of the molecule is C1=Cc2nc1c(-c1ccccn1)c1ccc([nH]1)c(-c1ccccn1)c1nc(c(-c3ccccn3)c3ccc([nH]3)c2-c2ccccn2)C=C1.[Mg]. The van der Waals surface area contributed by atoms with Gasteiger partial charge in [0.1, 0.15) is 0 Å². The number of rotatable bonds is 4. The van der Waals surface area contributed by atoms with Crippen LogP contribution in [0.15, 0.2) is 122 Å². The minimum Gasteiger partial charge on any atom is -0.354 e. The summed E-state index contributed by atoms with van der Waals surface area (Å²) in [6.45, 7) is 0. The molecule has 0 fully saturated rings. The van der Waals surface area contributed by atoms with Gasteiger partial charge in [0.05, 0.1) is 67.6 Å². The van der Waals surface area contributed by atoms with Gasteiger partial charge in [-0.1, -0.05) is 24.3 Å². The lowest BCUT2D eigenvalue weighted by molar-refractivity contribution is 1.26. The molecule has 2 aliphatic heterocycles. The summed E-state index contributed by atoms with van der Waals surface area (Å²) >= 11 is 0. The maximum Gasteiger partial charge on any atom is 0.0753 e. The standard InChI is InChI=1S/C40H26N8.Mg/c1-5-21-41-25(9-1)37-29-13-15-31(45-29)38(26-10-2-6-22-42-26)33-17-19-35(47-33)40(28-12-4-8-24-44-28)36-20-18-34(48-36)39(27-11-3-7-23-43-27)32-16-14-30(37)46-32;/h1-24,45,48H;. The number of aromatic amines is 2. The Morgan fingerprint density at radius 1 is 0.327 bits per heavy atom. The highest BCUT2D eigenvalue weighted by Crippen LogP contribution is 2.36. The van der Waals surface area contributed by atoms with Gasteiger partial charge in [0.15, 0.2) is 0 Å². The van der Waals surface area contributed by atoms with E-state index in [1.807, 2.05) is 97.1 Å². The van der Waals surface area contributed by atoms with Gasteiger partial charge in [-0.15, -0.1) is 0 Å². The molecule has 0 amide bonds. The van der Waals surface area contributed by atoms with Gasteiger partial charge >= 0.3 is 0 Å². The topological polar surface area (TPSA) is 109 Å². The van der Waals surface area contributed by atoms with Crippen LogP contribution in [0.4, 0.5) is 0 Å². The normalized spacial score (nSPS) is 11.8. The molecule has 0 saturated heterocycles. The molecular formula is C40H26MgN8. The number of hydrogen-bond acceptors (Lipinski definition) is 6. The van der Waals surface area contributed by atoms with Crippen LogP contribution in [0, 0.1) is 0 Å². The predicted octanol–water partition coefficient (Wildman–Crippen LogP) is 8.52. The molecular weight excluding hydrogens is 617 g/mol. The van der Waals surface area contributed by atoms with E-state index in [1.54, 1.807) is 24.8 Å². The highest BCUT2D eigenvalue weighted by atomic mass is 24.3. The highest BCUT2D eigenvalue weighted by Gasteiger charge is 2.19. The largest absolute Gasteiger partial charge is 0.354 e. The van der Waals surface area contributed by atoms with E-state index in [9.17, 15) is 0 Å². The lowest BCUT2D eigenvalue weighted by atomic mass is 10.1. The molecule has 0 aliphatic carbocycles. The summed E-state index contributed by atoms with van der Waals surface area (Å²) in [7, 11) is 0. The maximum atomic E-state index is 5.24. The molecule has 0 aromatic carbocycles. The van der Waals surface area contributed by atoms with Crippen molar-refractivity contribution in [1.29, 1.82) is 0 Å². The molecule has 49 heavy (non-hydrogen) atoms. The van der Waals surface area contributed by atoms with E-state index in [1.165, 1.54) is 0 Å². The Labute approximate surface area is 297 Å². The lowest BCUT2D eigenvalue weighted by Gasteiger charge is -2.05. The summed E-state index contributed by atoms with van der Waals surface area (Å²) in [5.74, 6) is 0. The third-order valence-electron chi connectivity index (χ3n) is 8.44. The van der Waals surface area contributed by atoms with Crippen LogP contribution in [0.2, 0.25) is 0 Å². The van der Waals surface area contributed by atoms with Gasteiger partial charge in [-0.3, -0.25) is 19.9 Å². The van der Waals surface area contributed by atoms with Gasteiger partial charge in [-0.05, 0) is 97.1 Å². The van der Waals surface area contributed by atoms with Crippen LogP contribution < -0.4 is 0 Å². The number of pyridine rings is 4. The molecule has 0 atom stereocenters. The third kappa shape index (κ3) is 5.54. The summed E-state index contributed by atoms with van der Waals surface area (Å²) in [6, 6.07) is 32.0. The van der Waals surface area contributed by atoms with Gasteiger partial charge in [-0.25, -0.2) is 9.97 Å². The molecule has 228 valence electrons. The molecule has 8 nitrogen and oxygen atoms in total. The first-order valence-corrected chi connectivity index (χ1v) is 15.6. The molecule has 8 bridgehead atoms. The van der Waals surface area contributed by atoms with Gasteiger partial charge in [-0.2, -0.15) is 0 Å². The van der Waals surface area contributed by atoms with Gasteiger partial charge in [0, 0.05) is 70.1 Å². The van der Waals surface area contributed by atoms with Crippen molar-refractivity contribution in [2.45, 2.75) is 0 Å². The smallest absolute Gasteiger partial charge is 0.0753 e. The number of fused-ring (bicyclic) bond motifs is 8. The van der Waals surface area contributed by atoms with Gasteiger partial charge in [0.2, 0.25) is 0 Å². The van der Waals surface area contributed by atoms with Crippen LogP contribution in [-0.4, -0.2) is 62.9 Å². The maximum absolute atomic E-state index is 5.24. The first-order chi connectivity index (χ1) is 23.8.